The Morgan fingerprint density at radius 1 is 1.04 bits per heavy atom. The molecule has 0 bridgehead atoms. The number of hydrogen-bond acceptors (Lipinski definition) is 5. The Morgan fingerprint density at radius 2 is 1.79 bits per heavy atom. The van der Waals surface area contributed by atoms with Crippen molar-refractivity contribution in [1.82, 2.24) is 19.9 Å². The van der Waals surface area contributed by atoms with Crippen molar-refractivity contribution in [2.24, 2.45) is 0 Å². The molecule has 2 amide bonds. The van der Waals surface area contributed by atoms with Gasteiger partial charge in [-0.25, -0.2) is 4.79 Å². The molecule has 1 aromatic heterocycles. The van der Waals surface area contributed by atoms with Crippen LogP contribution in [-0.2, 0) is 4.74 Å². The minimum Gasteiger partial charge on any atom is -0.378 e. The topological polar surface area (TPSA) is 71.7 Å². The van der Waals surface area contributed by atoms with Crippen molar-refractivity contribution in [3.05, 3.63) is 48.1 Å². The summed E-state index contributed by atoms with van der Waals surface area (Å²) in [6.45, 7) is 3.79. The molecule has 2 aliphatic heterocycles. The molecule has 7 nitrogen and oxygen atoms in total. The van der Waals surface area contributed by atoms with Crippen molar-refractivity contribution in [2.45, 2.75) is 11.8 Å². The summed E-state index contributed by atoms with van der Waals surface area (Å²) in [5, 5.41) is 4.02. The first-order valence-corrected chi connectivity index (χ1v) is 8.26. The van der Waals surface area contributed by atoms with Gasteiger partial charge in [0.15, 0.2) is 5.82 Å². The molecule has 4 rings (SSSR count). The fraction of sp³-hybridized carbons (Fsp3) is 0.471. The molecule has 0 N–H and O–H groups in total. The first kappa shape index (κ1) is 15.1. The zero-order valence-corrected chi connectivity index (χ0v) is 13.4. The van der Waals surface area contributed by atoms with Gasteiger partial charge in [0, 0.05) is 38.0 Å². The van der Waals surface area contributed by atoms with E-state index in [9.17, 15) is 4.79 Å². The van der Waals surface area contributed by atoms with Gasteiger partial charge >= 0.3 is 6.03 Å². The number of amides is 2. The minimum atomic E-state index is 0.0520. The highest BCUT2D eigenvalue weighted by Gasteiger charge is 2.40. The van der Waals surface area contributed by atoms with Crippen molar-refractivity contribution in [3.63, 3.8) is 0 Å². The average Bonchev–Trinajstić information content (AvgIpc) is 3.32. The summed E-state index contributed by atoms with van der Waals surface area (Å²) in [5.41, 5.74) is 1.20. The highest BCUT2D eigenvalue weighted by Crippen LogP contribution is 2.38. The van der Waals surface area contributed by atoms with Gasteiger partial charge in [-0.05, 0) is 5.56 Å². The van der Waals surface area contributed by atoms with Crippen LogP contribution in [0.3, 0.4) is 0 Å². The quantitative estimate of drug-likeness (QED) is 0.839. The smallest absolute Gasteiger partial charge is 0.320 e. The molecule has 3 heterocycles. The zero-order valence-electron chi connectivity index (χ0n) is 13.4. The number of aromatic nitrogens is 2. The number of nitrogens with zero attached hydrogens (tertiary/aromatic N) is 4. The predicted octanol–water partition coefficient (Wildman–Crippen LogP) is 1.70. The van der Waals surface area contributed by atoms with Crippen LogP contribution in [0.1, 0.15) is 23.2 Å². The van der Waals surface area contributed by atoms with E-state index < -0.39 is 0 Å². The van der Waals surface area contributed by atoms with Crippen LogP contribution in [0.25, 0.3) is 0 Å². The molecule has 126 valence electrons. The van der Waals surface area contributed by atoms with E-state index in [0.717, 1.165) is 0 Å². The molecule has 0 spiro atoms. The summed E-state index contributed by atoms with van der Waals surface area (Å²) in [5.74, 6) is 0.895. The molecule has 2 saturated heterocycles. The highest BCUT2D eigenvalue weighted by atomic mass is 16.5. The SMILES string of the molecule is O=C(N1CCOCC1)N1C[C@H](c2ccccc2)[C@H](c2ncon2)C1. The lowest BCUT2D eigenvalue weighted by atomic mass is 9.88. The number of carbonyl (C=O) groups is 1. The molecule has 1 aromatic carbocycles. The second kappa shape index (κ2) is 6.60. The Morgan fingerprint density at radius 3 is 2.50 bits per heavy atom. The molecule has 7 heteroatoms. The van der Waals surface area contributed by atoms with E-state index in [0.29, 0.717) is 45.2 Å². The number of urea groups is 1. The predicted molar refractivity (Wildman–Crippen MR) is 85.6 cm³/mol. The number of benzene rings is 1. The summed E-state index contributed by atoms with van der Waals surface area (Å²) in [6, 6.07) is 10.3. The van der Waals surface area contributed by atoms with E-state index in [4.69, 9.17) is 9.26 Å². The molecule has 0 aliphatic carbocycles. The number of morpholine rings is 1. The average molecular weight is 328 g/mol. The van der Waals surface area contributed by atoms with Crippen LogP contribution in [0.2, 0.25) is 0 Å². The maximum Gasteiger partial charge on any atom is 0.320 e. The van der Waals surface area contributed by atoms with Gasteiger partial charge in [-0.1, -0.05) is 35.5 Å². The van der Waals surface area contributed by atoms with Crippen molar-refractivity contribution in [1.29, 1.82) is 0 Å². The number of rotatable bonds is 2. The van der Waals surface area contributed by atoms with Gasteiger partial charge in [0.1, 0.15) is 0 Å². The second-order valence-corrected chi connectivity index (χ2v) is 6.20. The van der Waals surface area contributed by atoms with Crippen LogP contribution in [0, 0.1) is 0 Å². The highest BCUT2D eigenvalue weighted by molar-refractivity contribution is 5.75. The first-order valence-electron chi connectivity index (χ1n) is 8.26. The van der Waals surface area contributed by atoms with E-state index >= 15 is 0 Å². The van der Waals surface area contributed by atoms with Gasteiger partial charge in [-0.2, -0.15) is 4.98 Å². The van der Waals surface area contributed by atoms with E-state index in [-0.39, 0.29) is 17.9 Å². The molecule has 2 fully saturated rings. The lowest BCUT2D eigenvalue weighted by Gasteiger charge is -2.31. The van der Waals surface area contributed by atoms with Crippen LogP contribution >= 0.6 is 0 Å². The van der Waals surface area contributed by atoms with Crippen LogP contribution < -0.4 is 0 Å². The molecule has 2 atom stereocenters. The Kier molecular flexibility index (Phi) is 4.17. The lowest BCUT2D eigenvalue weighted by molar-refractivity contribution is 0.0450. The van der Waals surface area contributed by atoms with Gasteiger partial charge < -0.3 is 19.1 Å². The van der Waals surface area contributed by atoms with Gasteiger partial charge in [-0.15, -0.1) is 0 Å². The minimum absolute atomic E-state index is 0.0520. The zero-order chi connectivity index (χ0) is 16.4. The Balaban J connectivity index is 1.57. The van der Waals surface area contributed by atoms with E-state index in [1.165, 1.54) is 12.0 Å². The summed E-state index contributed by atoms with van der Waals surface area (Å²) in [4.78, 5) is 20.8. The number of likely N-dealkylation sites (tertiary alicyclic amines) is 1. The van der Waals surface area contributed by atoms with Crippen molar-refractivity contribution in [2.75, 3.05) is 39.4 Å². The normalized spacial score (nSPS) is 24.3. The van der Waals surface area contributed by atoms with Gasteiger partial charge in [0.2, 0.25) is 6.39 Å². The molecule has 2 aliphatic rings. The summed E-state index contributed by atoms with van der Waals surface area (Å²) in [6.07, 6.45) is 1.35. The molecule has 0 unspecified atom stereocenters. The third kappa shape index (κ3) is 2.87. The number of hydrogen-bond donors (Lipinski definition) is 0. The third-order valence-electron chi connectivity index (χ3n) is 4.81. The summed E-state index contributed by atoms with van der Waals surface area (Å²) >= 11 is 0. The molecule has 0 radical (unpaired) electrons. The van der Waals surface area contributed by atoms with Crippen LogP contribution in [-0.4, -0.2) is 65.4 Å². The monoisotopic (exact) mass is 328 g/mol. The molecular formula is C17H20N4O3. The number of carbonyl (C=O) groups excluding carboxylic acids is 1. The molecule has 2 aromatic rings. The van der Waals surface area contributed by atoms with Crippen molar-refractivity contribution in [3.8, 4) is 0 Å². The summed E-state index contributed by atoms with van der Waals surface area (Å²) < 4.78 is 10.3. The molecule has 0 saturated carbocycles. The first-order chi connectivity index (χ1) is 11.8. The van der Waals surface area contributed by atoms with Crippen LogP contribution in [0.5, 0.6) is 0 Å². The third-order valence-corrected chi connectivity index (χ3v) is 4.81. The maximum absolute atomic E-state index is 12.8. The Labute approximate surface area is 140 Å². The van der Waals surface area contributed by atoms with Crippen LogP contribution in [0.4, 0.5) is 4.79 Å². The summed E-state index contributed by atoms with van der Waals surface area (Å²) in [7, 11) is 0. The molecular weight excluding hydrogens is 308 g/mol. The number of ether oxygens (including phenoxy) is 1. The van der Waals surface area contributed by atoms with Crippen molar-refractivity contribution < 1.29 is 14.1 Å². The second-order valence-electron chi connectivity index (χ2n) is 6.20. The lowest BCUT2D eigenvalue weighted by Crippen LogP contribution is -2.47. The van der Waals surface area contributed by atoms with Crippen molar-refractivity contribution >= 4 is 6.03 Å². The Bertz CT molecular complexity index is 670. The standard InChI is InChI=1S/C17H20N4O3/c22-17(20-6-8-23-9-7-20)21-10-14(13-4-2-1-3-5-13)15(11-21)16-18-12-24-19-16/h1-5,12,14-15H,6-11H2/t14-,15-/m1/s1. The molecule has 24 heavy (non-hydrogen) atoms. The van der Waals surface area contributed by atoms with E-state index in [1.807, 2.05) is 28.0 Å². The van der Waals surface area contributed by atoms with Crippen LogP contribution in [0.15, 0.2) is 41.2 Å². The fourth-order valence-electron chi connectivity index (χ4n) is 3.56. The maximum atomic E-state index is 12.8. The largest absolute Gasteiger partial charge is 0.378 e. The van der Waals surface area contributed by atoms with Gasteiger partial charge in [-0.3, -0.25) is 0 Å². The van der Waals surface area contributed by atoms with E-state index in [2.05, 4.69) is 22.3 Å². The Hall–Kier alpha value is -2.41. The van der Waals surface area contributed by atoms with Gasteiger partial charge in [0.25, 0.3) is 0 Å². The van der Waals surface area contributed by atoms with Gasteiger partial charge in [0.05, 0.1) is 13.2 Å². The fourth-order valence-corrected chi connectivity index (χ4v) is 3.56. The van der Waals surface area contributed by atoms with E-state index in [1.54, 1.807) is 0 Å².